The molecule has 2 amide bonds. The van der Waals surface area contributed by atoms with Crippen LogP contribution in [0.4, 0.5) is 11.4 Å². The number of guanidine groups is 2. The molecule has 25 nitrogen and oxygen atoms in total. The first-order chi connectivity index (χ1) is 31.8. The van der Waals surface area contributed by atoms with Gasteiger partial charge in [0.2, 0.25) is 0 Å². The molecule has 4 aromatic carbocycles. The molecule has 352 valence electrons. The number of benzene rings is 4. The Balaban J connectivity index is 1.46. The van der Waals surface area contributed by atoms with Crippen molar-refractivity contribution in [1.29, 1.82) is 10.8 Å². The average molecular weight is 931 g/mol. The largest absolute Gasteiger partial charge is 0.490 e. The lowest BCUT2D eigenvalue weighted by molar-refractivity contribution is -0.145. The molecule has 0 spiro atoms. The summed E-state index contributed by atoms with van der Waals surface area (Å²) in [5, 5.41) is 61.1. The van der Waals surface area contributed by atoms with Crippen LogP contribution < -0.4 is 51.7 Å². The minimum Gasteiger partial charge on any atom is -0.490 e. The normalized spacial score (nSPS) is 11.3. The maximum atomic E-state index is 13.2. The monoisotopic (exact) mass is 930 g/mol. The van der Waals surface area contributed by atoms with Gasteiger partial charge in [-0.2, -0.15) is 0 Å². The summed E-state index contributed by atoms with van der Waals surface area (Å²) in [4.78, 5) is 98.0. The average Bonchev–Trinajstić information content (AvgIpc) is 3.25. The third kappa shape index (κ3) is 16.1. The van der Waals surface area contributed by atoms with Crippen LogP contribution in [0.2, 0.25) is 0 Å². The van der Waals surface area contributed by atoms with Gasteiger partial charge in [-0.15, -0.1) is 0 Å². The number of esters is 2. The maximum Gasteiger partial charge on any atom is 0.343 e. The van der Waals surface area contributed by atoms with E-state index < -0.39 is 72.6 Å². The number of aliphatic carboxylic acids is 4. The zero-order valence-corrected chi connectivity index (χ0v) is 34.7. The van der Waals surface area contributed by atoms with E-state index in [0.29, 0.717) is 11.4 Å². The molecular weight excluding hydrogens is 889 g/mol. The van der Waals surface area contributed by atoms with E-state index in [1.54, 1.807) is 0 Å². The van der Waals surface area contributed by atoms with Gasteiger partial charge in [-0.1, -0.05) is 0 Å². The molecule has 0 aliphatic heterocycles. The van der Waals surface area contributed by atoms with Crippen LogP contribution in [-0.4, -0.2) is 118 Å². The number of nitrogens with one attached hydrogen (secondary N) is 6. The second kappa shape index (κ2) is 24.0. The highest BCUT2D eigenvalue weighted by Crippen LogP contribution is 2.28. The Labute approximate surface area is 377 Å². The standard InChI is InChI=1S/C42H42N8O17/c43-41(44)47-23-5-1-21(2-6-23)39(61)66-25-9-11-27(35(55)49-29(37(57)58)19-33(51)52)31(17-25)64-15-13-63-14-16-65-32-18-26(67-40(62)22-3-7-24(8-4-22)48-42(45)46)10-12-28(32)36(56)50-30(38(59)60)20-34(53)54/h1-12,17-18,29-30H,13-16,19-20H2,(H,49,55)(H,50,56)(H,51,52)(H,53,54)(H,57,58)(H,59,60)(H4,43,44,47)(H4,45,46,48). The Morgan fingerprint density at radius 2 is 0.881 bits per heavy atom. The van der Waals surface area contributed by atoms with Crippen LogP contribution >= 0.6 is 0 Å². The third-order valence-electron chi connectivity index (χ3n) is 8.55. The van der Waals surface area contributed by atoms with E-state index in [2.05, 4.69) is 21.3 Å². The summed E-state index contributed by atoms with van der Waals surface area (Å²) in [6.45, 7) is -1.03. The van der Waals surface area contributed by atoms with Gasteiger partial charge < -0.3 is 76.8 Å². The number of hydrogen-bond donors (Lipinski definition) is 12. The molecule has 67 heavy (non-hydrogen) atoms. The van der Waals surface area contributed by atoms with Gasteiger partial charge in [-0.05, 0) is 72.8 Å². The van der Waals surface area contributed by atoms with Crippen LogP contribution in [0.3, 0.4) is 0 Å². The summed E-state index contributed by atoms with van der Waals surface area (Å²) >= 11 is 0. The van der Waals surface area contributed by atoms with E-state index in [1.807, 2.05) is 0 Å². The van der Waals surface area contributed by atoms with Crippen LogP contribution in [0.25, 0.3) is 0 Å². The van der Waals surface area contributed by atoms with Gasteiger partial charge in [0.1, 0.15) is 48.3 Å². The first kappa shape index (κ1) is 50.4. The highest BCUT2D eigenvalue weighted by atomic mass is 16.6. The number of rotatable bonds is 24. The van der Waals surface area contributed by atoms with Gasteiger partial charge >= 0.3 is 35.8 Å². The lowest BCUT2D eigenvalue weighted by atomic mass is 10.1. The van der Waals surface area contributed by atoms with Gasteiger partial charge in [0.15, 0.2) is 11.9 Å². The van der Waals surface area contributed by atoms with Crippen LogP contribution in [0.5, 0.6) is 23.0 Å². The van der Waals surface area contributed by atoms with Crippen molar-refractivity contribution in [3.8, 4) is 23.0 Å². The van der Waals surface area contributed by atoms with Crippen molar-refractivity contribution in [2.24, 2.45) is 11.5 Å². The molecule has 0 fully saturated rings. The van der Waals surface area contributed by atoms with Gasteiger partial charge in [0.05, 0.1) is 48.3 Å². The van der Waals surface area contributed by atoms with Crippen molar-refractivity contribution in [1.82, 2.24) is 10.6 Å². The first-order valence-electron chi connectivity index (χ1n) is 19.3. The van der Waals surface area contributed by atoms with E-state index in [4.69, 9.17) is 56.2 Å². The Morgan fingerprint density at radius 1 is 0.522 bits per heavy atom. The van der Waals surface area contributed by atoms with Crippen molar-refractivity contribution in [3.63, 3.8) is 0 Å². The van der Waals surface area contributed by atoms with E-state index in [-0.39, 0.29) is 83.6 Å². The maximum absolute atomic E-state index is 13.2. The molecule has 0 aliphatic carbocycles. The number of carbonyl (C=O) groups is 8. The molecule has 0 radical (unpaired) electrons. The fourth-order valence-corrected chi connectivity index (χ4v) is 5.51. The van der Waals surface area contributed by atoms with Crippen molar-refractivity contribution in [3.05, 3.63) is 107 Å². The number of hydrogen-bond acceptors (Lipinski definition) is 15. The molecular formula is C42H42N8O17. The highest BCUT2D eigenvalue weighted by Gasteiger charge is 2.27. The molecule has 25 heteroatoms. The van der Waals surface area contributed by atoms with Gasteiger partial charge in [-0.25, -0.2) is 19.2 Å². The first-order valence-corrected chi connectivity index (χ1v) is 19.3. The number of carboxylic acids is 4. The predicted molar refractivity (Wildman–Crippen MR) is 231 cm³/mol. The summed E-state index contributed by atoms with van der Waals surface area (Å²) < 4.78 is 27.9. The molecule has 0 heterocycles. The molecule has 4 rings (SSSR count). The smallest absolute Gasteiger partial charge is 0.343 e. The summed E-state index contributed by atoms with van der Waals surface area (Å²) in [5.41, 5.74) is 11.1. The minimum atomic E-state index is -1.82. The number of carboxylic acid groups (broad SMARTS) is 4. The third-order valence-corrected chi connectivity index (χ3v) is 8.55. The fourth-order valence-electron chi connectivity index (χ4n) is 5.51. The lowest BCUT2D eigenvalue weighted by Crippen LogP contribution is -2.42. The number of nitrogens with two attached hydrogens (primary N) is 2. The number of anilines is 2. The molecule has 0 saturated carbocycles. The highest BCUT2D eigenvalue weighted by molar-refractivity contribution is 6.01. The molecule has 2 atom stereocenters. The Bertz CT molecular complexity index is 2360. The topological polar surface area (TPSA) is 411 Å². The van der Waals surface area contributed by atoms with E-state index in [9.17, 15) is 48.6 Å². The quantitative estimate of drug-likeness (QED) is 0.0156. The molecule has 2 unspecified atom stereocenters. The van der Waals surface area contributed by atoms with Crippen molar-refractivity contribution in [2.75, 3.05) is 37.1 Å². The van der Waals surface area contributed by atoms with Crippen LogP contribution in [-0.2, 0) is 23.9 Å². The predicted octanol–water partition coefficient (Wildman–Crippen LogP) is 1.53. The lowest BCUT2D eigenvalue weighted by Gasteiger charge is -2.17. The summed E-state index contributed by atoms with van der Waals surface area (Å²) in [6.07, 6.45) is -1.90. The SMILES string of the molecule is N=C(N)Nc1ccc(C(=O)Oc2ccc(C(=O)NC(CC(=O)O)C(=O)O)c(OCCOCCOc3cc(OC(=O)c4ccc(NC(=N)N)cc4)ccc3C(=O)NC(CC(=O)O)C(=O)O)c2)cc1. The second-order valence-electron chi connectivity index (χ2n) is 13.6. The number of ether oxygens (including phenoxy) is 5. The second-order valence-corrected chi connectivity index (χ2v) is 13.6. The molecule has 0 aliphatic rings. The van der Waals surface area contributed by atoms with Crippen molar-refractivity contribution < 1.29 is 82.5 Å². The summed E-state index contributed by atoms with van der Waals surface area (Å²) in [7, 11) is 0. The van der Waals surface area contributed by atoms with Crippen LogP contribution in [0, 0.1) is 10.8 Å². The van der Waals surface area contributed by atoms with E-state index >= 15 is 0 Å². The van der Waals surface area contributed by atoms with E-state index in [1.165, 1.54) is 60.7 Å². The Hall–Kier alpha value is -9.26. The minimum absolute atomic E-state index is 0.0848. The Kier molecular flexibility index (Phi) is 18.0. The van der Waals surface area contributed by atoms with E-state index in [0.717, 1.165) is 24.3 Å². The molecule has 4 aromatic rings. The van der Waals surface area contributed by atoms with Crippen molar-refractivity contribution >= 4 is 70.9 Å². The zero-order valence-electron chi connectivity index (χ0n) is 34.7. The van der Waals surface area contributed by atoms with Crippen molar-refractivity contribution in [2.45, 2.75) is 24.9 Å². The Morgan fingerprint density at radius 3 is 1.19 bits per heavy atom. The van der Waals surface area contributed by atoms with Gasteiger partial charge in [0.25, 0.3) is 11.8 Å². The molecule has 0 aromatic heterocycles. The van der Waals surface area contributed by atoms with Crippen LogP contribution in [0.15, 0.2) is 84.9 Å². The zero-order chi connectivity index (χ0) is 49.2. The van der Waals surface area contributed by atoms with Gasteiger partial charge in [-0.3, -0.25) is 30.0 Å². The molecule has 0 bridgehead atoms. The van der Waals surface area contributed by atoms with Crippen LogP contribution in [0.1, 0.15) is 54.3 Å². The summed E-state index contributed by atoms with van der Waals surface area (Å²) in [5.74, 6) is -11.4. The molecule has 14 N–H and O–H groups in total. The number of carbonyl (C=O) groups excluding carboxylic acids is 4. The fraction of sp³-hybridized carbons (Fsp3) is 0.190. The summed E-state index contributed by atoms with van der Waals surface area (Å²) in [6, 6.07) is 14.8. The van der Waals surface area contributed by atoms with Gasteiger partial charge in [0, 0.05) is 23.5 Å². The molecule has 0 saturated heterocycles. The number of amides is 2.